The maximum Gasteiger partial charge on any atom is 0.308 e. The molecule has 0 radical (unpaired) electrons. The Morgan fingerprint density at radius 1 is 1.13 bits per heavy atom. The van der Waals surface area contributed by atoms with Gasteiger partial charge in [0.05, 0.1) is 35.5 Å². The molecule has 1 aromatic heterocycles. The number of ether oxygens (including phenoxy) is 1. The van der Waals surface area contributed by atoms with Gasteiger partial charge in [-0.1, -0.05) is 12.2 Å². The molecule has 1 fully saturated rings. The minimum Gasteiger partial charge on any atom is -0.460 e. The molecule has 0 saturated heterocycles. The minimum atomic E-state index is -1.13. The average Bonchev–Trinajstić information content (AvgIpc) is 3.67. The molecule has 0 aliphatic heterocycles. The van der Waals surface area contributed by atoms with E-state index in [0.717, 1.165) is 25.0 Å². The highest BCUT2D eigenvalue weighted by molar-refractivity contribution is 5.99. The zero-order valence-corrected chi connectivity index (χ0v) is 22.4. The van der Waals surface area contributed by atoms with Crippen LogP contribution in [0.3, 0.4) is 0 Å². The van der Waals surface area contributed by atoms with E-state index >= 15 is 0 Å². The summed E-state index contributed by atoms with van der Waals surface area (Å²) in [7, 11) is 1.73. The van der Waals surface area contributed by atoms with Gasteiger partial charge in [0.1, 0.15) is 11.4 Å². The van der Waals surface area contributed by atoms with Gasteiger partial charge >= 0.3 is 5.97 Å². The zero-order valence-electron chi connectivity index (χ0n) is 22.4. The third-order valence-corrected chi connectivity index (χ3v) is 6.40. The van der Waals surface area contributed by atoms with Gasteiger partial charge in [0.15, 0.2) is 11.6 Å². The molecule has 0 unspecified atom stereocenters. The molecule has 39 heavy (non-hydrogen) atoms. The fourth-order valence-electron chi connectivity index (χ4n) is 4.49. The summed E-state index contributed by atoms with van der Waals surface area (Å²) in [6, 6.07) is 7.92. The quantitative estimate of drug-likeness (QED) is 0.316. The highest BCUT2D eigenvalue weighted by atomic mass is 19.2. The standard InChI is InChI=1S/C30H33F3N2O4/c1-30(2,3)39-27(38)14-21(37)13-20(36)11-12-22-28(17-5-6-17)34-26-16-25(33)24(32)15-23(26)29(22)35(4)19-9-7-18(31)8-10-19/h7-12,15-17,20-21,36-37H,5-6,13-14H2,1-4H3/b12-11+/t20-,21-/m1/s1. The van der Waals surface area contributed by atoms with Crippen molar-refractivity contribution in [2.24, 2.45) is 0 Å². The topological polar surface area (TPSA) is 82.9 Å². The maximum absolute atomic E-state index is 14.4. The highest BCUT2D eigenvalue weighted by Crippen LogP contribution is 2.46. The van der Waals surface area contributed by atoms with Crippen LogP contribution in [0.15, 0.2) is 42.5 Å². The minimum absolute atomic E-state index is 0.109. The average molecular weight is 543 g/mol. The van der Waals surface area contributed by atoms with Crippen LogP contribution in [0, 0.1) is 17.5 Å². The first-order valence-corrected chi connectivity index (χ1v) is 12.9. The number of hydrogen-bond donors (Lipinski definition) is 2. The van der Waals surface area contributed by atoms with E-state index in [1.165, 1.54) is 18.2 Å². The Hall–Kier alpha value is -3.43. The number of carbonyl (C=O) groups excluding carboxylic acids is 1. The van der Waals surface area contributed by atoms with Crippen molar-refractivity contribution in [3.63, 3.8) is 0 Å². The molecule has 3 aromatic rings. The second-order valence-electron chi connectivity index (χ2n) is 11.0. The van der Waals surface area contributed by atoms with Crippen LogP contribution < -0.4 is 4.90 Å². The number of carbonyl (C=O) groups is 1. The van der Waals surface area contributed by atoms with E-state index in [2.05, 4.69) is 4.98 Å². The molecule has 208 valence electrons. The van der Waals surface area contributed by atoms with Crippen molar-refractivity contribution in [3.05, 3.63) is 71.2 Å². The molecule has 6 nitrogen and oxygen atoms in total. The Labute approximate surface area is 225 Å². The van der Waals surface area contributed by atoms with Crippen LogP contribution in [0.25, 0.3) is 17.0 Å². The number of aromatic nitrogens is 1. The fourth-order valence-corrected chi connectivity index (χ4v) is 4.49. The lowest BCUT2D eigenvalue weighted by Crippen LogP contribution is -2.27. The number of rotatable bonds is 9. The van der Waals surface area contributed by atoms with Crippen LogP contribution in [0.4, 0.5) is 24.5 Å². The Bertz CT molecular complexity index is 1380. The molecule has 2 N–H and O–H groups in total. The van der Waals surface area contributed by atoms with Gasteiger partial charge in [-0.3, -0.25) is 9.78 Å². The normalized spacial score (nSPS) is 15.5. The number of pyridine rings is 1. The largest absolute Gasteiger partial charge is 0.460 e. The number of aliphatic hydroxyl groups excluding tert-OH is 2. The van der Waals surface area contributed by atoms with E-state index in [1.54, 1.807) is 50.9 Å². The zero-order chi connectivity index (χ0) is 28.5. The number of nitrogens with zero attached hydrogens (tertiary/aromatic N) is 2. The fraction of sp³-hybridized carbons (Fsp3) is 0.400. The first-order chi connectivity index (χ1) is 18.3. The summed E-state index contributed by atoms with van der Waals surface area (Å²) in [5, 5.41) is 21.3. The molecule has 1 saturated carbocycles. The Kier molecular flexibility index (Phi) is 8.32. The van der Waals surface area contributed by atoms with Crippen molar-refractivity contribution in [1.29, 1.82) is 0 Å². The summed E-state index contributed by atoms with van der Waals surface area (Å²) in [4.78, 5) is 18.4. The van der Waals surface area contributed by atoms with Gasteiger partial charge in [0.25, 0.3) is 0 Å². The molecule has 2 atom stereocenters. The monoisotopic (exact) mass is 542 g/mol. The van der Waals surface area contributed by atoms with Crippen LogP contribution >= 0.6 is 0 Å². The molecule has 1 aliphatic carbocycles. The van der Waals surface area contributed by atoms with Gasteiger partial charge in [0, 0.05) is 42.1 Å². The number of benzene rings is 2. The van der Waals surface area contributed by atoms with Crippen molar-refractivity contribution >= 4 is 34.3 Å². The number of fused-ring (bicyclic) bond motifs is 1. The first-order valence-electron chi connectivity index (χ1n) is 12.9. The van der Waals surface area contributed by atoms with Crippen molar-refractivity contribution in [2.75, 3.05) is 11.9 Å². The number of esters is 1. The second kappa shape index (κ2) is 11.4. The second-order valence-corrected chi connectivity index (χ2v) is 11.0. The summed E-state index contributed by atoms with van der Waals surface area (Å²) < 4.78 is 47.5. The van der Waals surface area contributed by atoms with Gasteiger partial charge in [-0.15, -0.1) is 0 Å². The molecule has 2 aromatic carbocycles. The lowest BCUT2D eigenvalue weighted by Gasteiger charge is -2.25. The highest BCUT2D eigenvalue weighted by Gasteiger charge is 2.31. The van der Waals surface area contributed by atoms with Crippen molar-refractivity contribution in [1.82, 2.24) is 4.98 Å². The first kappa shape index (κ1) is 28.6. The van der Waals surface area contributed by atoms with Gasteiger partial charge in [-0.2, -0.15) is 0 Å². The lowest BCUT2D eigenvalue weighted by atomic mass is 9.99. The van der Waals surface area contributed by atoms with Crippen LogP contribution in [0.2, 0.25) is 0 Å². The molecule has 0 amide bonds. The van der Waals surface area contributed by atoms with E-state index in [-0.39, 0.29) is 24.3 Å². The summed E-state index contributed by atoms with van der Waals surface area (Å²) in [6.07, 6.45) is 2.26. The van der Waals surface area contributed by atoms with Crippen molar-refractivity contribution in [3.8, 4) is 0 Å². The maximum atomic E-state index is 14.4. The number of aliphatic hydroxyl groups is 2. The Morgan fingerprint density at radius 3 is 2.38 bits per heavy atom. The summed E-state index contributed by atoms with van der Waals surface area (Å²) in [6.45, 7) is 5.18. The molecule has 9 heteroatoms. The summed E-state index contributed by atoms with van der Waals surface area (Å²) in [5.74, 6) is -2.91. The van der Waals surface area contributed by atoms with Gasteiger partial charge in [-0.25, -0.2) is 13.2 Å². The van der Waals surface area contributed by atoms with E-state index < -0.39 is 41.2 Å². The number of halogens is 3. The number of hydrogen-bond acceptors (Lipinski definition) is 6. The van der Waals surface area contributed by atoms with Gasteiger partial charge in [0.2, 0.25) is 0 Å². The molecule has 0 bridgehead atoms. The van der Waals surface area contributed by atoms with E-state index in [0.29, 0.717) is 28.0 Å². The van der Waals surface area contributed by atoms with Crippen molar-refractivity contribution in [2.45, 2.75) is 70.2 Å². The molecular formula is C30H33F3N2O4. The molecule has 4 rings (SSSR count). The van der Waals surface area contributed by atoms with E-state index in [1.807, 2.05) is 0 Å². The molecule has 1 heterocycles. The predicted octanol–water partition coefficient (Wildman–Crippen LogP) is 6.15. The predicted molar refractivity (Wildman–Crippen MR) is 144 cm³/mol. The van der Waals surface area contributed by atoms with E-state index in [9.17, 15) is 28.2 Å². The smallest absolute Gasteiger partial charge is 0.308 e. The number of anilines is 2. The summed E-state index contributed by atoms with van der Waals surface area (Å²) >= 11 is 0. The van der Waals surface area contributed by atoms with Gasteiger partial charge in [-0.05, 0) is 63.9 Å². The van der Waals surface area contributed by atoms with Crippen molar-refractivity contribution < 1.29 is 32.9 Å². The van der Waals surface area contributed by atoms with Gasteiger partial charge < -0.3 is 19.8 Å². The summed E-state index contributed by atoms with van der Waals surface area (Å²) in [5.41, 5.74) is 2.00. The third kappa shape index (κ3) is 7.16. The molecular weight excluding hydrogens is 509 g/mol. The third-order valence-electron chi connectivity index (χ3n) is 6.40. The van der Waals surface area contributed by atoms with Crippen LogP contribution in [-0.2, 0) is 9.53 Å². The Balaban J connectivity index is 1.71. The molecule has 1 aliphatic rings. The SMILES string of the molecule is CN(c1ccc(F)cc1)c1c(/C=C/[C@@H](O)C[C@@H](O)CC(=O)OC(C)(C)C)c(C2CC2)nc2cc(F)c(F)cc12. The van der Waals surface area contributed by atoms with E-state index in [4.69, 9.17) is 4.74 Å². The Morgan fingerprint density at radius 2 is 1.77 bits per heavy atom. The van der Waals surface area contributed by atoms with Crippen LogP contribution in [0.1, 0.15) is 63.6 Å². The van der Waals surface area contributed by atoms with Crippen LogP contribution in [0.5, 0.6) is 0 Å². The lowest BCUT2D eigenvalue weighted by molar-refractivity contribution is -0.157. The molecule has 0 spiro atoms. The van der Waals surface area contributed by atoms with Crippen LogP contribution in [-0.4, -0.2) is 46.0 Å².